The average molecular weight is 224 g/mol. The number of ether oxygens (including phenoxy) is 1. The minimum atomic E-state index is 0. The molecule has 16 heavy (non-hydrogen) atoms. The third-order valence-electron chi connectivity index (χ3n) is 2.42. The Morgan fingerprint density at radius 1 is 1.12 bits per heavy atom. The van der Waals surface area contributed by atoms with Crippen molar-refractivity contribution in [2.24, 2.45) is 5.92 Å². The number of methoxy groups -OCH3 is 1. The molecule has 94 valence electrons. The molecule has 0 amide bonds. The standard InChI is InChI=1S/C13H20O.2CH4/c1-11(2)7-6-9-12-8-4-5-10-13(12)14-3;;/h4-5,8,10-11H,6-7,9H2,1-3H3;2*1H4. The van der Waals surface area contributed by atoms with Gasteiger partial charge < -0.3 is 4.74 Å². The van der Waals surface area contributed by atoms with Gasteiger partial charge in [-0.25, -0.2) is 0 Å². The second-order valence-corrected chi connectivity index (χ2v) is 4.10. The molecule has 1 aromatic rings. The molecular weight excluding hydrogens is 196 g/mol. The van der Waals surface area contributed by atoms with E-state index in [-0.39, 0.29) is 14.9 Å². The van der Waals surface area contributed by atoms with E-state index in [9.17, 15) is 0 Å². The van der Waals surface area contributed by atoms with Gasteiger partial charge >= 0.3 is 0 Å². The Kier molecular flexibility index (Phi) is 10.1. The predicted octanol–water partition coefficient (Wildman–Crippen LogP) is 4.95. The number of hydrogen-bond acceptors (Lipinski definition) is 1. The van der Waals surface area contributed by atoms with E-state index in [4.69, 9.17) is 4.74 Å². The van der Waals surface area contributed by atoms with Crippen LogP contribution in [0.3, 0.4) is 0 Å². The Labute approximate surface area is 102 Å². The van der Waals surface area contributed by atoms with E-state index in [1.165, 1.54) is 18.4 Å². The SMILES string of the molecule is C.C.COc1ccccc1CCCC(C)C. The van der Waals surface area contributed by atoms with E-state index in [1.54, 1.807) is 7.11 Å². The van der Waals surface area contributed by atoms with Gasteiger partial charge in [-0.2, -0.15) is 0 Å². The van der Waals surface area contributed by atoms with Gasteiger partial charge in [-0.1, -0.05) is 53.3 Å². The molecule has 1 aromatic carbocycles. The number of benzene rings is 1. The molecule has 0 heterocycles. The van der Waals surface area contributed by atoms with Crippen molar-refractivity contribution in [2.75, 3.05) is 7.11 Å². The van der Waals surface area contributed by atoms with Gasteiger partial charge in [-0.05, 0) is 30.4 Å². The molecule has 0 radical (unpaired) electrons. The topological polar surface area (TPSA) is 9.23 Å². The zero-order chi connectivity index (χ0) is 10.4. The van der Waals surface area contributed by atoms with E-state index < -0.39 is 0 Å². The molecule has 0 fully saturated rings. The first-order chi connectivity index (χ1) is 6.74. The van der Waals surface area contributed by atoms with E-state index >= 15 is 0 Å². The normalized spacial score (nSPS) is 9.25. The summed E-state index contributed by atoms with van der Waals surface area (Å²) >= 11 is 0. The predicted molar refractivity (Wildman–Crippen MR) is 74.2 cm³/mol. The smallest absolute Gasteiger partial charge is 0.122 e. The van der Waals surface area contributed by atoms with Gasteiger partial charge in [0.05, 0.1) is 7.11 Å². The van der Waals surface area contributed by atoms with E-state index in [0.717, 1.165) is 18.1 Å². The van der Waals surface area contributed by atoms with Crippen LogP contribution < -0.4 is 4.74 Å². The highest BCUT2D eigenvalue weighted by Gasteiger charge is 2.01. The molecule has 0 aromatic heterocycles. The first kappa shape index (κ1) is 17.4. The first-order valence-electron chi connectivity index (χ1n) is 5.36. The van der Waals surface area contributed by atoms with Crippen molar-refractivity contribution in [1.82, 2.24) is 0 Å². The summed E-state index contributed by atoms with van der Waals surface area (Å²) in [5.41, 5.74) is 1.33. The van der Waals surface area contributed by atoms with Crippen molar-refractivity contribution in [3.8, 4) is 5.75 Å². The Bertz CT molecular complexity index is 266. The van der Waals surface area contributed by atoms with Gasteiger partial charge in [0, 0.05) is 0 Å². The van der Waals surface area contributed by atoms with E-state index in [2.05, 4.69) is 26.0 Å². The third-order valence-corrected chi connectivity index (χ3v) is 2.42. The monoisotopic (exact) mass is 224 g/mol. The molecule has 0 spiro atoms. The molecule has 0 saturated carbocycles. The molecular formula is C15H28O. The fourth-order valence-electron chi connectivity index (χ4n) is 1.61. The Balaban J connectivity index is 0. The quantitative estimate of drug-likeness (QED) is 0.688. The molecule has 0 unspecified atom stereocenters. The number of para-hydroxylation sites is 1. The largest absolute Gasteiger partial charge is 0.496 e. The summed E-state index contributed by atoms with van der Waals surface area (Å²) in [5, 5.41) is 0. The highest BCUT2D eigenvalue weighted by Crippen LogP contribution is 2.20. The van der Waals surface area contributed by atoms with Crippen LogP contribution >= 0.6 is 0 Å². The van der Waals surface area contributed by atoms with Crippen LogP contribution in [0.1, 0.15) is 47.1 Å². The maximum absolute atomic E-state index is 5.30. The van der Waals surface area contributed by atoms with Gasteiger partial charge in [0.2, 0.25) is 0 Å². The van der Waals surface area contributed by atoms with Crippen molar-refractivity contribution in [1.29, 1.82) is 0 Å². The van der Waals surface area contributed by atoms with Crippen molar-refractivity contribution >= 4 is 0 Å². The molecule has 0 N–H and O–H groups in total. The molecule has 0 aliphatic carbocycles. The van der Waals surface area contributed by atoms with Crippen LogP contribution in [0, 0.1) is 5.92 Å². The first-order valence-corrected chi connectivity index (χ1v) is 5.36. The summed E-state index contributed by atoms with van der Waals surface area (Å²) in [6, 6.07) is 8.28. The van der Waals surface area contributed by atoms with Crippen molar-refractivity contribution in [3.05, 3.63) is 29.8 Å². The summed E-state index contributed by atoms with van der Waals surface area (Å²) in [7, 11) is 1.74. The Morgan fingerprint density at radius 3 is 2.31 bits per heavy atom. The molecule has 0 atom stereocenters. The van der Waals surface area contributed by atoms with Crippen LogP contribution in [0.5, 0.6) is 5.75 Å². The molecule has 0 saturated heterocycles. The zero-order valence-corrected chi connectivity index (χ0v) is 9.42. The number of aryl methyl sites for hydroxylation is 1. The van der Waals surface area contributed by atoms with Crippen LogP contribution in [0.2, 0.25) is 0 Å². The van der Waals surface area contributed by atoms with Gasteiger partial charge in [-0.15, -0.1) is 0 Å². The third kappa shape index (κ3) is 5.79. The van der Waals surface area contributed by atoms with Crippen LogP contribution in [0.4, 0.5) is 0 Å². The van der Waals surface area contributed by atoms with Crippen LogP contribution in [-0.2, 0) is 6.42 Å². The summed E-state index contributed by atoms with van der Waals surface area (Å²) in [6.07, 6.45) is 3.66. The molecule has 1 nitrogen and oxygen atoms in total. The van der Waals surface area contributed by atoms with Gasteiger partial charge in [-0.3, -0.25) is 0 Å². The summed E-state index contributed by atoms with van der Waals surface area (Å²) in [4.78, 5) is 0. The van der Waals surface area contributed by atoms with Crippen LogP contribution in [0.25, 0.3) is 0 Å². The molecule has 1 rings (SSSR count). The molecule has 0 aliphatic heterocycles. The lowest BCUT2D eigenvalue weighted by atomic mass is 10.0. The van der Waals surface area contributed by atoms with Crippen LogP contribution in [0.15, 0.2) is 24.3 Å². The van der Waals surface area contributed by atoms with Crippen molar-refractivity contribution in [2.45, 2.75) is 48.0 Å². The van der Waals surface area contributed by atoms with Gasteiger partial charge in [0.15, 0.2) is 0 Å². The highest BCUT2D eigenvalue weighted by atomic mass is 16.5. The lowest BCUT2D eigenvalue weighted by Gasteiger charge is -2.08. The number of rotatable bonds is 5. The second kappa shape index (κ2) is 9.26. The Morgan fingerprint density at radius 2 is 1.75 bits per heavy atom. The molecule has 0 bridgehead atoms. The van der Waals surface area contributed by atoms with Crippen molar-refractivity contribution in [3.63, 3.8) is 0 Å². The molecule has 1 heteroatoms. The Hall–Kier alpha value is -0.980. The van der Waals surface area contributed by atoms with Crippen LogP contribution in [-0.4, -0.2) is 7.11 Å². The van der Waals surface area contributed by atoms with Crippen molar-refractivity contribution < 1.29 is 4.74 Å². The minimum Gasteiger partial charge on any atom is -0.496 e. The summed E-state index contributed by atoms with van der Waals surface area (Å²) < 4.78 is 5.30. The number of hydrogen-bond donors (Lipinski definition) is 0. The van der Waals surface area contributed by atoms with Gasteiger partial charge in [0.1, 0.15) is 5.75 Å². The van der Waals surface area contributed by atoms with Gasteiger partial charge in [0.25, 0.3) is 0 Å². The fraction of sp³-hybridized carbons (Fsp3) is 0.600. The lowest BCUT2D eigenvalue weighted by Crippen LogP contribution is -1.94. The maximum Gasteiger partial charge on any atom is 0.122 e. The summed E-state index contributed by atoms with van der Waals surface area (Å²) in [6.45, 7) is 4.53. The minimum absolute atomic E-state index is 0. The molecule has 0 aliphatic rings. The zero-order valence-electron chi connectivity index (χ0n) is 9.42. The highest BCUT2D eigenvalue weighted by molar-refractivity contribution is 5.33. The second-order valence-electron chi connectivity index (χ2n) is 4.10. The summed E-state index contributed by atoms with van der Waals surface area (Å²) in [5.74, 6) is 1.82. The van der Waals surface area contributed by atoms with E-state index in [0.29, 0.717) is 0 Å². The van der Waals surface area contributed by atoms with E-state index in [1.807, 2.05) is 12.1 Å². The maximum atomic E-state index is 5.30. The fourth-order valence-corrected chi connectivity index (χ4v) is 1.61. The average Bonchev–Trinajstić information content (AvgIpc) is 2.18. The lowest BCUT2D eigenvalue weighted by molar-refractivity contribution is 0.408.